The molecule has 0 fully saturated rings. The van der Waals surface area contributed by atoms with Crippen molar-refractivity contribution in [3.05, 3.63) is 51.2 Å². The summed E-state index contributed by atoms with van der Waals surface area (Å²) in [6.07, 6.45) is 1.67. The van der Waals surface area contributed by atoms with Crippen LogP contribution in [0.2, 0.25) is 0 Å². The summed E-state index contributed by atoms with van der Waals surface area (Å²) in [5.74, 6) is -0.189. The van der Waals surface area contributed by atoms with Gasteiger partial charge in [-0.15, -0.1) is 11.3 Å². The van der Waals surface area contributed by atoms with Crippen molar-refractivity contribution >= 4 is 11.3 Å². The SMILES string of the molecule is CCc1nc(C(C)(Cc2cccc(F)c2)NC)sc1C. The summed E-state index contributed by atoms with van der Waals surface area (Å²) in [6, 6.07) is 6.78. The maximum atomic E-state index is 13.3. The highest BCUT2D eigenvalue weighted by Gasteiger charge is 2.29. The van der Waals surface area contributed by atoms with Gasteiger partial charge >= 0.3 is 0 Å². The molecule has 4 heteroatoms. The molecule has 0 aliphatic heterocycles. The van der Waals surface area contributed by atoms with E-state index in [1.54, 1.807) is 23.5 Å². The minimum absolute atomic E-state index is 0.189. The molecule has 0 bridgehead atoms. The molecule has 2 nitrogen and oxygen atoms in total. The number of rotatable bonds is 5. The van der Waals surface area contributed by atoms with Gasteiger partial charge in [-0.05, 0) is 51.4 Å². The molecule has 0 aliphatic carbocycles. The normalized spacial score (nSPS) is 14.2. The molecule has 20 heavy (non-hydrogen) atoms. The molecule has 1 N–H and O–H groups in total. The van der Waals surface area contributed by atoms with Gasteiger partial charge in [-0.2, -0.15) is 0 Å². The molecular formula is C16H21FN2S. The van der Waals surface area contributed by atoms with Crippen LogP contribution in [0.25, 0.3) is 0 Å². The molecule has 0 saturated heterocycles. The summed E-state index contributed by atoms with van der Waals surface area (Å²) in [6.45, 7) is 6.35. The van der Waals surface area contributed by atoms with Crippen molar-refractivity contribution in [2.45, 2.75) is 39.2 Å². The minimum Gasteiger partial charge on any atom is -0.308 e. The highest BCUT2D eigenvalue weighted by molar-refractivity contribution is 7.11. The van der Waals surface area contributed by atoms with Gasteiger partial charge in [0.2, 0.25) is 0 Å². The third-order valence-corrected chi connectivity index (χ3v) is 4.98. The molecule has 0 spiro atoms. The summed E-state index contributed by atoms with van der Waals surface area (Å²) >= 11 is 1.73. The highest BCUT2D eigenvalue weighted by Crippen LogP contribution is 2.31. The number of thiazole rings is 1. The molecule has 0 radical (unpaired) electrons. The molecule has 1 aromatic carbocycles. The molecule has 1 aromatic heterocycles. The summed E-state index contributed by atoms with van der Waals surface area (Å²) in [5, 5.41) is 4.42. The third-order valence-electron chi connectivity index (χ3n) is 3.70. The smallest absolute Gasteiger partial charge is 0.123 e. The maximum absolute atomic E-state index is 13.3. The molecule has 0 amide bonds. The van der Waals surface area contributed by atoms with Gasteiger partial charge < -0.3 is 5.32 Å². The monoisotopic (exact) mass is 292 g/mol. The Morgan fingerprint density at radius 1 is 1.40 bits per heavy atom. The van der Waals surface area contributed by atoms with Crippen molar-refractivity contribution in [1.82, 2.24) is 10.3 Å². The van der Waals surface area contributed by atoms with Crippen LogP contribution in [-0.4, -0.2) is 12.0 Å². The fourth-order valence-electron chi connectivity index (χ4n) is 2.32. The highest BCUT2D eigenvalue weighted by atomic mass is 32.1. The van der Waals surface area contributed by atoms with Crippen molar-refractivity contribution in [3.63, 3.8) is 0 Å². The lowest BCUT2D eigenvalue weighted by molar-refractivity contribution is 0.394. The maximum Gasteiger partial charge on any atom is 0.123 e. The summed E-state index contributed by atoms with van der Waals surface area (Å²) in [5.41, 5.74) is 1.87. The lowest BCUT2D eigenvalue weighted by Crippen LogP contribution is -2.39. The predicted molar refractivity (Wildman–Crippen MR) is 82.7 cm³/mol. The number of nitrogens with zero attached hydrogens (tertiary/aromatic N) is 1. The van der Waals surface area contributed by atoms with Gasteiger partial charge in [-0.25, -0.2) is 9.37 Å². The summed E-state index contributed by atoms with van der Waals surface area (Å²) in [7, 11) is 1.93. The van der Waals surface area contributed by atoms with E-state index in [-0.39, 0.29) is 11.4 Å². The van der Waals surface area contributed by atoms with E-state index in [2.05, 4.69) is 26.1 Å². The van der Waals surface area contributed by atoms with Gasteiger partial charge in [0.15, 0.2) is 0 Å². The van der Waals surface area contributed by atoms with Crippen molar-refractivity contribution in [3.8, 4) is 0 Å². The summed E-state index contributed by atoms with van der Waals surface area (Å²) < 4.78 is 13.3. The van der Waals surface area contributed by atoms with Crippen LogP contribution in [0.4, 0.5) is 4.39 Å². The zero-order valence-electron chi connectivity index (χ0n) is 12.5. The average Bonchev–Trinajstić information content (AvgIpc) is 2.80. The van der Waals surface area contributed by atoms with Crippen LogP contribution < -0.4 is 5.32 Å². The predicted octanol–water partition coefficient (Wildman–Crippen LogP) is 3.83. The van der Waals surface area contributed by atoms with Crippen LogP contribution in [0.1, 0.15) is 35.0 Å². The van der Waals surface area contributed by atoms with E-state index in [0.29, 0.717) is 0 Å². The molecule has 2 aromatic rings. The number of hydrogen-bond acceptors (Lipinski definition) is 3. The topological polar surface area (TPSA) is 24.9 Å². The first-order valence-electron chi connectivity index (χ1n) is 6.88. The Bertz CT molecular complexity index is 594. The van der Waals surface area contributed by atoms with Gasteiger partial charge in [-0.1, -0.05) is 19.1 Å². The number of hydrogen-bond donors (Lipinski definition) is 1. The minimum atomic E-state index is -0.267. The van der Waals surface area contributed by atoms with Gasteiger partial charge in [-0.3, -0.25) is 0 Å². The van der Waals surface area contributed by atoms with Gasteiger partial charge in [0.05, 0.1) is 11.2 Å². The second-order valence-electron chi connectivity index (χ2n) is 5.26. The van der Waals surface area contributed by atoms with E-state index in [4.69, 9.17) is 4.98 Å². The number of likely N-dealkylation sites (N-methyl/N-ethyl adjacent to an activating group) is 1. The molecule has 2 rings (SSSR count). The number of nitrogens with one attached hydrogen (secondary N) is 1. The van der Waals surface area contributed by atoms with Gasteiger partial charge in [0, 0.05) is 4.88 Å². The Labute approximate surface area is 124 Å². The Hall–Kier alpha value is -1.26. The lowest BCUT2D eigenvalue weighted by Gasteiger charge is -2.27. The summed E-state index contributed by atoms with van der Waals surface area (Å²) in [4.78, 5) is 6.02. The molecule has 1 unspecified atom stereocenters. The fraction of sp³-hybridized carbons (Fsp3) is 0.438. The van der Waals surface area contributed by atoms with Crippen LogP contribution in [-0.2, 0) is 18.4 Å². The lowest BCUT2D eigenvalue weighted by atomic mass is 9.93. The van der Waals surface area contributed by atoms with E-state index in [1.807, 2.05) is 13.1 Å². The van der Waals surface area contributed by atoms with Crippen LogP contribution >= 0.6 is 11.3 Å². The van der Waals surface area contributed by atoms with Gasteiger partial charge in [0.25, 0.3) is 0 Å². The van der Waals surface area contributed by atoms with E-state index in [1.165, 1.54) is 10.9 Å². The zero-order chi connectivity index (χ0) is 14.8. The van der Waals surface area contributed by atoms with Crippen LogP contribution in [0.5, 0.6) is 0 Å². The first-order chi connectivity index (χ1) is 9.48. The second-order valence-corrected chi connectivity index (χ2v) is 6.47. The quantitative estimate of drug-likeness (QED) is 0.906. The standard InChI is InChI=1S/C16H21FN2S/c1-5-14-11(2)20-15(19-14)16(3,18-4)10-12-7-6-8-13(17)9-12/h6-9,18H,5,10H2,1-4H3. The molecule has 0 aliphatic rings. The van der Waals surface area contributed by atoms with Crippen molar-refractivity contribution in [2.24, 2.45) is 0 Å². The Balaban J connectivity index is 2.32. The largest absolute Gasteiger partial charge is 0.308 e. The fourth-order valence-corrected chi connectivity index (χ4v) is 3.47. The van der Waals surface area contributed by atoms with E-state index < -0.39 is 0 Å². The first-order valence-corrected chi connectivity index (χ1v) is 7.70. The van der Waals surface area contributed by atoms with Crippen molar-refractivity contribution in [2.75, 3.05) is 7.05 Å². The van der Waals surface area contributed by atoms with Gasteiger partial charge in [0.1, 0.15) is 10.8 Å². The molecule has 108 valence electrons. The Morgan fingerprint density at radius 2 is 2.15 bits per heavy atom. The number of aryl methyl sites for hydroxylation is 2. The van der Waals surface area contributed by atoms with Crippen LogP contribution in [0.3, 0.4) is 0 Å². The zero-order valence-corrected chi connectivity index (χ0v) is 13.3. The number of benzene rings is 1. The van der Waals surface area contributed by atoms with Crippen LogP contribution in [0, 0.1) is 12.7 Å². The van der Waals surface area contributed by atoms with E-state index in [9.17, 15) is 4.39 Å². The Morgan fingerprint density at radius 3 is 2.70 bits per heavy atom. The van der Waals surface area contributed by atoms with E-state index >= 15 is 0 Å². The molecular weight excluding hydrogens is 271 g/mol. The molecule has 1 atom stereocenters. The molecule has 1 heterocycles. The van der Waals surface area contributed by atoms with Crippen LogP contribution in [0.15, 0.2) is 24.3 Å². The van der Waals surface area contributed by atoms with E-state index in [0.717, 1.165) is 29.1 Å². The second kappa shape index (κ2) is 6.02. The Kier molecular flexibility index (Phi) is 4.55. The van der Waals surface area contributed by atoms with Crippen molar-refractivity contribution in [1.29, 1.82) is 0 Å². The number of aromatic nitrogens is 1. The third kappa shape index (κ3) is 3.07. The average molecular weight is 292 g/mol. The molecule has 0 saturated carbocycles. The van der Waals surface area contributed by atoms with Crippen molar-refractivity contribution < 1.29 is 4.39 Å². The number of halogens is 1. The first kappa shape index (κ1) is 15.1.